The minimum Gasteiger partial charge on any atom is -0.399 e. The van der Waals surface area contributed by atoms with Crippen LogP contribution in [-0.2, 0) is 20.6 Å². The highest BCUT2D eigenvalue weighted by Crippen LogP contribution is 2.08. The lowest BCUT2D eigenvalue weighted by Gasteiger charge is -2.14. The summed E-state index contributed by atoms with van der Waals surface area (Å²) in [7, 11) is -1.90. The van der Waals surface area contributed by atoms with E-state index in [1.165, 1.54) is 4.90 Å². The molecular formula is C12H19N3O3S. The van der Waals surface area contributed by atoms with Crippen LogP contribution in [0.4, 0.5) is 5.69 Å². The van der Waals surface area contributed by atoms with Gasteiger partial charge in [0, 0.05) is 19.3 Å². The molecule has 19 heavy (non-hydrogen) atoms. The molecule has 7 heteroatoms. The molecule has 1 aromatic carbocycles. The molecule has 0 saturated carbocycles. The summed E-state index contributed by atoms with van der Waals surface area (Å²) in [6.07, 6.45) is 0. The molecule has 0 fully saturated rings. The van der Waals surface area contributed by atoms with Crippen molar-refractivity contribution in [2.45, 2.75) is 12.7 Å². The molecule has 0 saturated heterocycles. The predicted molar refractivity (Wildman–Crippen MR) is 74.8 cm³/mol. The van der Waals surface area contributed by atoms with Gasteiger partial charge in [-0.05, 0) is 24.6 Å². The molecule has 0 unspecified atom stereocenters. The van der Waals surface area contributed by atoms with Gasteiger partial charge in [-0.2, -0.15) is 0 Å². The van der Waals surface area contributed by atoms with Crippen molar-refractivity contribution in [3.63, 3.8) is 0 Å². The Morgan fingerprint density at radius 1 is 1.32 bits per heavy atom. The minimum atomic E-state index is -3.52. The Morgan fingerprint density at radius 2 is 1.89 bits per heavy atom. The van der Waals surface area contributed by atoms with E-state index < -0.39 is 10.0 Å². The molecule has 0 atom stereocenters. The Morgan fingerprint density at radius 3 is 2.42 bits per heavy atom. The van der Waals surface area contributed by atoms with E-state index in [1.807, 2.05) is 6.92 Å². The first kappa shape index (κ1) is 15.5. The fraction of sp³-hybridized carbons (Fsp3) is 0.417. The summed E-state index contributed by atoms with van der Waals surface area (Å²) in [5.41, 5.74) is 6.72. The van der Waals surface area contributed by atoms with E-state index in [4.69, 9.17) is 5.73 Å². The van der Waals surface area contributed by atoms with Gasteiger partial charge < -0.3 is 10.6 Å². The molecule has 0 spiro atoms. The monoisotopic (exact) mass is 285 g/mol. The summed E-state index contributed by atoms with van der Waals surface area (Å²) in [5, 5.41) is 0. The average Bonchev–Trinajstić information content (AvgIpc) is 2.37. The molecule has 0 aliphatic heterocycles. The van der Waals surface area contributed by atoms with Gasteiger partial charge in [-0.25, -0.2) is 13.1 Å². The zero-order chi connectivity index (χ0) is 14.5. The molecule has 106 valence electrons. The normalized spacial score (nSPS) is 11.3. The summed E-state index contributed by atoms with van der Waals surface area (Å²) in [6, 6.07) is 6.57. The van der Waals surface area contributed by atoms with Crippen molar-refractivity contribution in [3.8, 4) is 0 Å². The first-order valence-corrected chi connectivity index (χ1v) is 7.55. The second-order valence-corrected chi connectivity index (χ2v) is 6.04. The van der Waals surface area contributed by atoms with E-state index >= 15 is 0 Å². The Hall–Kier alpha value is -1.60. The van der Waals surface area contributed by atoms with Gasteiger partial charge in [0.25, 0.3) is 0 Å². The fourth-order valence-electron chi connectivity index (χ4n) is 1.37. The number of hydrogen-bond acceptors (Lipinski definition) is 4. The zero-order valence-corrected chi connectivity index (χ0v) is 11.9. The highest BCUT2D eigenvalue weighted by Gasteiger charge is 2.14. The van der Waals surface area contributed by atoms with Gasteiger partial charge in [0.2, 0.25) is 15.9 Å². The number of amides is 1. The van der Waals surface area contributed by atoms with Crippen LogP contribution in [0.5, 0.6) is 0 Å². The van der Waals surface area contributed by atoms with E-state index in [2.05, 4.69) is 4.72 Å². The standard InChI is InChI=1S/C12H19N3O3S/c1-3-15(2)12(16)8-14-19(17,18)9-10-4-6-11(13)7-5-10/h4-7,14H,3,8-9,13H2,1-2H3. The first-order chi connectivity index (χ1) is 8.84. The molecule has 1 rings (SSSR count). The molecule has 0 aliphatic carbocycles. The van der Waals surface area contributed by atoms with E-state index in [9.17, 15) is 13.2 Å². The number of nitrogens with zero attached hydrogens (tertiary/aromatic N) is 1. The van der Waals surface area contributed by atoms with Gasteiger partial charge in [-0.1, -0.05) is 12.1 Å². The number of hydrogen-bond donors (Lipinski definition) is 2. The van der Waals surface area contributed by atoms with Crippen molar-refractivity contribution in [3.05, 3.63) is 29.8 Å². The third-order valence-electron chi connectivity index (χ3n) is 2.68. The number of carbonyl (C=O) groups is 1. The zero-order valence-electron chi connectivity index (χ0n) is 11.1. The maximum atomic E-state index is 11.8. The van der Waals surface area contributed by atoms with Crippen LogP contribution >= 0.6 is 0 Å². The second kappa shape index (κ2) is 6.53. The van der Waals surface area contributed by atoms with Crippen LogP contribution < -0.4 is 10.5 Å². The van der Waals surface area contributed by atoms with Crippen LogP contribution in [0.25, 0.3) is 0 Å². The second-order valence-electron chi connectivity index (χ2n) is 4.23. The van der Waals surface area contributed by atoms with Crippen LogP contribution in [0, 0.1) is 0 Å². The summed E-state index contributed by atoms with van der Waals surface area (Å²) in [6.45, 7) is 2.14. The maximum Gasteiger partial charge on any atom is 0.237 e. The van der Waals surface area contributed by atoms with Crippen molar-refractivity contribution in [2.24, 2.45) is 0 Å². The molecule has 0 aromatic heterocycles. The average molecular weight is 285 g/mol. The molecule has 0 heterocycles. The number of likely N-dealkylation sites (N-methyl/N-ethyl adjacent to an activating group) is 1. The molecule has 0 radical (unpaired) electrons. The highest BCUT2D eigenvalue weighted by atomic mass is 32.2. The lowest BCUT2D eigenvalue weighted by atomic mass is 10.2. The third kappa shape index (κ3) is 5.27. The van der Waals surface area contributed by atoms with Crippen molar-refractivity contribution in [2.75, 3.05) is 25.9 Å². The number of nitrogens with two attached hydrogens (primary N) is 1. The molecule has 0 aliphatic rings. The number of anilines is 1. The summed E-state index contributed by atoms with van der Waals surface area (Å²) in [4.78, 5) is 13.0. The number of rotatable bonds is 6. The van der Waals surface area contributed by atoms with Gasteiger partial charge in [0.15, 0.2) is 0 Å². The summed E-state index contributed by atoms with van der Waals surface area (Å²) in [5.74, 6) is -0.431. The van der Waals surface area contributed by atoms with E-state index in [-0.39, 0.29) is 18.2 Å². The number of nitrogens with one attached hydrogen (secondary N) is 1. The Kier molecular flexibility index (Phi) is 5.31. The Labute approximate surface area is 113 Å². The maximum absolute atomic E-state index is 11.8. The van der Waals surface area contributed by atoms with Crippen molar-refractivity contribution >= 4 is 21.6 Å². The minimum absolute atomic E-state index is 0.170. The van der Waals surface area contributed by atoms with Crippen molar-refractivity contribution in [1.29, 1.82) is 0 Å². The van der Waals surface area contributed by atoms with Gasteiger partial charge in [-0.15, -0.1) is 0 Å². The van der Waals surface area contributed by atoms with Crippen LogP contribution in [-0.4, -0.2) is 39.4 Å². The largest absolute Gasteiger partial charge is 0.399 e. The van der Waals surface area contributed by atoms with Crippen LogP contribution in [0.15, 0.2) is 24.3 Å². The van der Waals surface area contributed by atoms with Crippen LogP contribution in [0.1, 0.15) is 12.5 Å². The molecule has 3 N–H and O–H groups in total. The predicted octanol–water partition coefficient (Wildman–Crippen LogP) is 0.167. The number of sulfonamides is 1. The summed E-state index contributed by atoms with van der Waals surface area (Å²) < 4.78 is 25.9. The third-order valence-corrected chi connectivity index (χ3v) is 3.98. The van der Waals surface area contributed by atoms with Gasteiger partial charge >= 0.3 is 0 Å². The van der Waals surface area contributed by atoms with Gasteiger partial charge in [-0.3, -0.25) is 4.79 Å². The first-order valence-electron chi connectivity index (χ1n) is 5.90. The molecule has 6 nitrogen and oxygen atoms in total. The molecule has 1 aromatic rings. The smallest absolute Gasteiger partial charge is 0.237 e. The number of benzene rings is 1. The molecular weight excluding hydrogens is 266 g/mol. The Balaban J connectivity index is 2.57. The number of nitrogen functional groups attached to an aromatic ring is 1. The highest BCUT2D eigenvalue weighted by molar-refractivity contribution is 7.88. The summed E-state index contributed by atoms with van der Waals surface area (Å²) >= 11 is 0. The topological polar surface area (TPSA) is 92.5 Å². The molecule has 1 amide bonds. The number of carbonyl (C=O) groups excluding carboxylic acids is 1. The lowest BCUT2D eigenvalue weighted by molar-refractivity contribution is -0.128. The van der Waals surface area contributed by atoms with E-state index in [1.54, 1.807) is 31.3 Å². The SMILES string of the molecule is CCN(C)C(=O)CNS(=O)(=O)Cc1ccc(N)cc1. The molecule has 0 bridgehead atoms. The van der Waals surface area contributed by atoms with E-state index in [0.717, 1.165) is 0 Å². The van der Waals surface area contributed by atoms with Crippen molar-refractivity contribution < 1.29 is 13.2 Å². The lowest BCUT2D eigenvalue weighted by Crippen LogP contribution is -2.38. The van der Waals surface area contributed by atoms with Crippen LogP contribution in [0.2, 0.25) is 0 Å². The fourth-order valence-corrected chi connectivity index (χ4v) is 2.44. The van der Waals surface area contributed by atoms with Gasteiger partial charge in [0.1, 0.15) is 0 Å². The quantitative estimate of drug-likeness (QED) is 0.729. The van der Waals surface area contributed by atoms with Crippen LogP contribution in [0.3, 0.4) is 0 Å². The Bertz CT molecular complexity index is 526. The van der Waals surface area contributed by atoms with E-state index in [0.29, 0.717) is 17.8 Å². The van der Waals surface area contributed by atoms with Gasteiger partial charge in [0.05, 0.1) is 12.3 Å². The van der Waals surface area contributed by atoms with Crippen molar-refractivity contribution in [1.82, 2.24) is 9.62 Å².